The summed E-state index contributed by atoms with van der Waals surface area (Å²) in [5, 5.41) is 8.01. The van der Waals surface area contributed by atoms with E-state index in [-0.39, 0.29) is 6.42 Å². The van der Waals surface area contributed by atoms with Crippen molar-refractivity contribution in [3.63, 3.8) is 0 Å². The average molecular weight is 256 g/mol. The van der Waals surface area contributed by atoms with Crippen molar-refractivity contribution >= 4 is 5.91 Å². The maximum atomic E-state index is 10.9. The molecular weight excluding hydrogens is 236 g/mol. The number of nitrogens with zero attached hydrogens (tertiary/aromatic N) is 3. The van der Waals surface area contributed by atoms with Crippen molar-refractivity contribution in [2.24, 2.45) is 11.7 Å². The van der Waals surface area contributed by atoms with Crippen LogP contribution in [-0.2, 0) is 33.8 Å². The molecule has 1 amide bonds. The minimum atomic E-state index is -0.427. The quantitative estimate of drug-likeness (QED) is 0.691. The standard InChI is InChI=1S/C11H20N4O3/c1-8(6-17-2)5-15-10(7-18-3)9(13-14-15)4-11(12)16/h8H,4-7H2,1-3H3,(H2,12,16). The summed E-state index contributed by atoms with van der Waals surface area (Å²) in [6.07, 6.45) is 0.0807. The number of methoxy groups -OCH3 is 2. The number of nitrogens with two attached hydrogens (primary N) is 1. The number of rotatable bonds is 8. The topological polar surface area (TPSA) is 92.3 Å². The predicted molar refractivity (Wildman–Crippen MR) is 64.7 cm³/mol. The number of amides is 1. The third kappa shape index (κ3) is 4.08. The summed E-state index contributed by atoms with van der Waals surface area (Å²) in [5.41, 5.74) is 6.54. The molecule has 1 aromatic heterocycles. The number of primary amides is 1. The van der Waals surface area contributed by atoms with Crippen LogP contribution in [0.4, 0.5) is 0 Å². The van der Waals surface area contributed by atoms with Gasteiger partial charge in [-0.1, -0.05) is 12.1 Å². The normalized spacial score (nSPS) is 12.6. The van der Waals surface area contributed by atoms with Gasteiger partial charge in [-0.05, 0) is 5.92 Å². The van der Waals surface area contributed by atoms with Gasteiger partial charge in [0.25, 0.3) is 0 Å². The third-order valence-electron chi connectivity index (χ3n) is 2.48. The first-order chi connectivity index (χ1) is 8.58. The Morgan fingerprint density at radius 1 is 1.44 bits per heavy atom. The molecule has 0 aliphatic rings. The molecule has 1 unspecified atom stereocenters. The van der Waals surface area contributed by atoms with Gasteiger partial charge in [-0.3, -0.25) is 4.79 Å². The van der Waals surface area contributed by atoms with Crippen molar-refractivity contribution in [2.45, 2.75) is 26.5 Å². The summed E-state index contributed by atoms with van der Waals surface area (Å²) < 4.78 is 11.9. The molecule has 0 saturated carbocycles. The van der Waals surface area contributed by atoms with Gasteiger partial charge in [-0.15, -0.1) is 5.10 Å². The summed E-state index contributed by atoms with van der Waals surface area (Å²) in [5.74, 6) is -0.127. The van der Waals surface area contributed by atoms with Gasteiger partial charge in [0.05, 0.1) is 31.0 Å². The molecule has 1 atom stereocenters. The van der Waals surface area contributed by atoms with Crippen LogP contribution in [0.5, 0.6) is 0 Å². The van der Waals surface area contributed by atoms with Crippen molar-refractivity contribution < 1.29 is 14.3 Å². The fraction of sp³-hybridized carbons (Fsp3) is 0.727. The van der Waals surface area contributed by atoms with E-state index in [9.17, 15) is 4.79 Å². The first kappa shape index (κ1) is 14.6. The minimum absolute atomic E-state index is 0.0807. The first-order valence-corrected chi connectivity index (χ1v) is 5.75. The molecule has 0 fully saturated rings. The van der Waals surface area contributed by atoms with Gasteiger partial charge >= 0.3 is 0 Å². The highest BCUT2D eigenvalue weighted by atomic mass is 16.5. The van der Waals surface area contributed by atoms with Crippen LogP contribution in [0.1, 0.15) is 18.3 Å². The number of aromatic nitrogens is 3. The molecule has 1 rings (SSSR count). The van der Waals surface area contributed by atoms with E-state index < -0.39 is 5.91 Å². The lowest BCUT2D eigenvalue weighted by Crippen LogP contribution is -2.18. The maximum absolute atomic E-state index is 10.9. The van der Waals surface area contributed by atoms with Crippen LogP contribution in [0.25, 0.3) is 0 Å². The zero-order valence-electron chi connectivity index (χ0n) is 11.0. The summed E-state index contributed by atoms with van der Waals surface area (Å²) in [6, 6.07) is 0. The van der Waals surface area contributed by atoms with Gasteiger partial charge < -0.3 is 15.2 Å². The van der Waals surface area contributed by atoms with Crippen LogP contribution >= 0.6 is 0 Å². The molecule has 0 aliphatic carbocycles. The van der Waals surface area contributed by atoms with Crippen LogP contribution in [-0.4, -0.2) is 41.7 Å². The van der Waals surface area contributed by atoms with Crippen LogP contribution in [0.2, 0.25) is 0 Å². The molecule has 18 heavy (non-hydrogen) atoms. The molecular formula is C11H20N4O3. The lowest BCUT2D eigenvalue weighted by Gasteiger charge is -2.12. The van der Waals surface area contributed by atoms with Crippen LogP contribution < -0.4 is 5.73 Å². The Balaban J connectivity index is 2.83. The highest BCUT2D eigenvalue weighted by molar-refractivity contribution is 5.76. The van der Waals surface area contributed by atoms with Crippen molar-refractivity contribution in [3.05, 3.63) is 11.4 Å². The minimum Gasteiger partial charge on any atom is -0.384 e. The van der Waals surface area contributed by atoms with Crippen molar-refractivity contribution in [1.29, 1.82) is 0 Å². The van der Waals surface area contributed by atoms with Gasteiger partial charge in [0.15, 0.2) is 0 Å². The lowest BCUT2D eigenvalue weighted by atomic mass is 10.2. The second-order valence-corrected chi connectivity index (χ2v) is 4.30. The third-order valence-corrected chi connectivity index (χ3v) is 2.48. The first-order valence-electron chi connectivity index (χ1n) is 5.75. The van der Waals surface area contributed by atoms with E-state index in [1.807, 2.05) is 0 Å². The fourth-order valence-electron chi connectivity index (χ4n) is 1.74. The van der Waals surface area contributed by atoms with E-state index in [1.165, 1.54) is 0 Å². The highest BCUT2D eigenvalue weighted by Gasteiger charge is 2.16. The van der Waals surface area contributed by atoms with Gasteiger partial charge in [0, 0.05) is 20.8 Å². The molecule has 0 bridgehead atoms. The molecule has 7 heteroatoms. The van der Waals surface area contributed by atoms with Crippen LogP contribution in [0, 0.1) is 5.92 Å². The van der Waals surface area contributed by atoms with E-state index >= 15 is 0 Å². The van der Waals surface area contributed by atoms with Crippen molar-refractivity contribution in [1.82, 2.24) is 15.0 Å². The van der Waals surface area contributed by atoms with E-state index in [1.54, 1.807) is 18.9 Å². The number of ether oxygens (including phenoxy) is 2. The number of hydrogen-bond acceptors (Lipinski definition) is 5. The Bertz CT molecular complexity index is 392. The Hall–Kier alpha value is -1.47. The molecule has 0 saturated heterocycles. The fourth-order valence-corrected chi connectivity index (χ4v) is 1.74. The average Bonchev–Trinajstić information content (AvgIpc) is 2.62. The molecule has 0 aromatic carbocycles. The molecule has 1 heterocycles. The highest BCUT2D eigenvalue weighted by Crippen LogP contribution is 2.10. The number of carbonyl (C=O) groups is 1. The molecule has 7 nitrogen and oxygen atoms in total. The largest absolute Gasteiger partial charge is 0.384 e. The van der Waals surface area contributed by atoms with Gasteiger partial charge in [-0.2, -0.15) is 0 Å². The lowest BCUT2D eigenvalue weighted by molar-refractivity contribution is -0.117. The predicted octanol–water partition coefficient (Wildman–Crippen LogP) is -0.265. The summed E-state index contributed by atoms with van der Waals surface area (Å²) in [7, 11) is 3.25. The molecule has 2 N–H and O–H groups in total. The molecule has 102 valence electrons. The Morgan fingerprint density at radius 3 is 2.72 bits per heavy atom. The zero-order chi connectivity index (χ0) is 13.5. The summed E-state index contributed by atoms with van der Waals surface area (Å²) in [6.45, 7) is 3.71. The Labute approximate surface area is 106 Å². The second kappa shape index (κ2) is 7.07. The van der Waals surface area contributed by atoms with E-state index in [2.05, 4.69) is 17.2 Å². The van der Waals surface area contributed by atoms with E-state index in [0.717, 1.165) is 5.69 Å². The monoisotopic (exact) mass is 256 g/mol. The summed E-state index contributed by atoms with van der Waals surface area (Å²) >= 11 is 0. The van der Waals surface area contributed by atoms with Gasteiger partial charge in [0.2, 0.25) is 5.91 Å². The maximum Gasteiger partial charge on any atom is 0.223 e. The molecule has 0 aliphatic heterocycles. The van der Waals surface area contributed by atoms with Crippen molar-refractivity contribution in [2.75, 3.05) is 20.8 Å². The molecule has 1 aromatic rings. The van der Waals surface area contributed by atoms with E-state index in [4.69, 9.17) is 15.2 Å². The molecule has 0 spiro atoms. The van der Waals surface area contributed by atoms with Crippen molar-refractivity contribution in [3.8, 4) is 0 Å². The summed E-state index contributed by atoms with van der Waals surface area (Å²) in [4.78, 5) is 10.9. The van der Waals surface area contributed by atoms with Gasteiger partial charge in [-0.25, -0.2) is 4.68 Å². The van der Waals surface area contributed by atoms with Crippen LogP contribution in [0.3, 0.4) is 0 Å². The zero-order valence-corrected chi connectivity index (χ0v) is 11.0. The van der Waals surface area contributed by atoms with Gasteiger partial charge in [0.1, 0.15) is 0 Å². The van der Waals surface area contributed by atoms with E-state index in [0.29, 0.717) is 31.4 Å². The SMILES string of the molecule is COCc1c(CC(N)=O)nnn1CC(C)COC. The van der Waals surface area contributed by atoms with Crippen LogP contribution in [0.15, 0.2) is 0 Å². The number of hydrogen-bond donors (Lipinski definition) is 1. The molecule has 0 radical (unpaired) electrons. The Kier molecular flexibility index (Phi) is 5.73. The smallest absolute Gasteiger partial charge is 0.223 e. The second-order valence-electron chi connectivity index (χ2n) is 4.30. The number of carbonyl (C=O) groups excluding carboxylic acids is 1. The Morgan fingerprint density at radius 2 is 2.17 bits per heavy atom.